The van der Waals surface area contributed by atoms with Crippen LogP contribution in [0.1, 0.15) is 16.7 Å². The van der Waals surface area contributed by atoms with Crippen molar-refractivity contribution in [1.29, 1.82) is 0 Å². The van der Waals surface area contributed by atoms with Crippen molar-refractivity contribution >= 4 is 68.9 Å². The van der Waals surface area contributed by atoms with E-state index in [0.717, 1.165) is 22.2 Å². The summed E-state index contributed by atoms with van der Waals surface area (Å²) in [6.45, 7) is 1.69. The van der Waals surface area contributed by atoms with Gasteiger partial charge in [-0.2, -0.15) is 0 Å². The summed E-state index contributed by atoms with van der Waals surface area (Å²) in [5.74, 6) is -0.0581. The summed E-state index contributed by atoms with van der Waals surface area (Å²) in [4.78, 5) is 49.5. The molecule has 0 aliphatic carbocycles. The molecule has 0 unspecified atom stereocenters. The quantitative estimate of drug-likeness (QED) is 0.133. The SMILES string of the molecule is COc1cc(/C=C2\SC(=O)N(Cc3ccc([N+](=O)[O-])cc3)C2=O)cc(I)c1OCC(=O)Nc1cccc(C)c1. The molecule has 1 aliphatic rings. The van der Waals surface area contributed by atoms with Crippen molar-refractivity contribution in [2.75, 3.05) is 19.0 Å². The minimum atomic E-state index is -0.515. The van der Waals surface area contributed by atoms with Crippen LogP contribution in [0.15, 0.2) is 65.6 Å². The van der Waals surface area contributed by atoms with Crippen molar-refractivity contribution < 1.29 is 28.8 Å². The predicted molar refractivity (Wildman–Crippen MR) is 156 cm³/mol. The molecule has 4 rings (SSSR count). The number of hydrogen-bond acceptors (Lipinski definition) is 8. The molecular formula is C27H22IN3O7S. The highest BCUT2D eigenvalue weighted by Gasteiger charge is 2.35. The maximum atomic E-state index is 13.0. The molecule has 1 saturated heterocycles. The predicted octanol–water partition coefficient (Wildman–Crippen LogP) is 5.77. The van der Waals surface area contributed by atoms with Crippen LogP contribution in [0.4, 0.5) is 16.2 Å². The van der Waals surface area contributed by atoms with Gasteiger partial charge in [-0.1, -0.05) is 24.3 Å². The number of nitrogens with zero attached hydrogens (tertiary/aromatic N) is 2. The van der Waals surface area contributed by atoms with Crippen LogP contribution in [0.25, 0.3) is 6.08 Å². The van der Waals surface area contributed by atoms with Crippen molar-refractivity contribution in [1.82, 2.24) is 4.90 Å². The van der Waals surface area contributed by atoms with Crippen molar-refractivity contribution in [3.8, 4) is 11.5 Å². The average Bonchev–Trinajstić information content (AvgIpc) is 3.15. The number of nitro benzene ring substituents is 1. The first-order valence-electron chi connectivity index (χ1n) is 11.5. The first-order valence-corrected chi connectivity index (χ1v) is 13.4. The van der Waals surface area contributed by atoms with Gasteiger partial charge in [0.1, 0.15) is 0 Å². The fraction of sp³-hybridized carbons (Fsp3) is 0.148. The number of imide groups is 1. The number of halogens is 1. The number of nitrogens with one attached hydrogen (secondary N) is 1. The van der Waals surface area contributed by atoms with Gasteiger partial charge in [0.05, 0.1) is 27.1 Å². The molecule has 3 amide bonds. The number of ether oxygens (including phenoxy) is 2. The van der Waals surface area contributed by atoms with Crippen LogP contribution in [0, 0.1) is 20.6 Å². The van der Waals surface area contributed by atoms with E-state index >= 15 is 0 Å². The fourth-order valence-electron chi connectivity index (χ4n) is 3.71. The second kappa shape index (κ2) is 12.3. The van der Waals surface area contributed by atoms with E-state index in [1.165, 1.54) is 31.4 Å². The molecule has 0 radical (unpaired) electrons. The van der Waals surface area contributed by atoms with Crippen LogP contribution in [0.5, 0.6) is 11.5 Å². The van der Waals surface area contributed by atoms with E-state index in [1.54, 1.807) is 24.3 Å². The Morgan fingerprint density at radius 3 is 2.56 bits per heavy atom. The maximum Gasteiger partial charge on any atom is 0.293 e. The summed E-state index contributed by atoms with van der Waals surface area (Å²) < 4.78 is 11.9. The third-order valence-corrected chi connectivity index (χ3v) is 7.27. The summed E-state index contributed by atoms with van der Waals surface area (Å²) in [7, 11) is 1.47. The number of benzene rings is 3. The minimum absolute atomic E-state index is 0.00174. The fourth-order valence-corrected chi connectivity index (χ4v) is 5.33. The number of anilines is 1. The molecule has 1 heterocycles. The molecule has 10 nitrogen and oxygen atoms in total. The average molecular weight is 659 g/mol. The largest absolute Gasteiger partial charge is 0.493 e. The van der Waals surface area contributed by atoms with E-state index in [1.807, 2.05) is 47.7 Å². The van der Waals surface area contributed by atoms with Gasteiger partial charge < -0.3 is 14.8 Å². The summed E-state index contributed by atoms with van der Waals surface area (Å²) in [6, 6.07) is 16.5. The molecule has 3 aromatic carbocycles. The number of aryl methyl sites for hydroxylation is 1. The molecule has 1 fully saturated rings. The molecule has 1 N–H and O–H groups in total. The van der Waals surface area contributed by atoms with Crippen molar-refractivity contribution in [3.63, 3.8) is 0 Å². The molecule has 1 aliphatic heterocycles. The van der Waals surface area contributed by atoms with E-state index < -0.39 is 16.1 Å². The van der Waals surface area contributed by atoms with Gasteiger partial charge in [0.2, 0.25) is 0 Å². The van der Waals surface area contributed by atoms with Crippen LogP contribution >= 0.6 is 34.4 Å². The van der Waals surface area contributed by atoms with Gasteiger partial charge in [-0.15, -0.1) is 0 Å². The molecule has 3 aromatic rings. The van der Waals surface area contributed by atoms with Crippen molar-refractivity contribution in [2.45, 2.75) is 13.5 Å². The Morgan fingerprint density at radius 2 is 1.90 bits per heavy atom. The topological polar surface area (TPSA) is 128 Å². The van der Waals surface area contributed by atoms with Crippen LogP contribution in [-0.2, 0) is 16.1 Å². The highest BCUT2D eigenvalue weighted by Crippen LogP contribution is 2.37. The third-order valence-electron chi connectivity index (χ3n) is 5.56. The number of nitro groups is 1. The van der Waals surface area contributed by atoms with Crippen LogP contribution in [0.3, 0.4) is 0 Å². The standard InChI is InChI=1S/C27H22IN3O7S/c1-16-4-3-5-19(10-16)29-24(32)15-38-25-21(28)11-18(12-22(25)37-2)13-23-26(33)30(27(34)39-23)14-17-6-8-20(9-7-17)31(35)36/h3-13H,14-15H2,1-2H3,(H,29,32)/b23-13-. The number of hydrogen-bond donors (Lipinski definition) is 1. The zero-order chi connectivity index (χ0) is 28.1. The number of methoxy groups -OCH3 is 1. The van der Waals surface area contributed by atoms with E-state index in [4.69, 9.17) is 9.47 Å². The Labute approximate surface area is 241 Å². The molecule has 39 heavy (non-hydrogen) atoms. The molecule has 0 atom stereocenters. The number of non-ortho nitro benzene ring substituents is 1. The highest BCUT2D eigenvalue weighted by atomic mass is 127. The van der Waals surface area contributed by atoms with Crippen LogP contribution < -0.4 is 14.8 Å². The van der Waals surface area contributed by atoms with E-state index in [9.17, 15) is 24.5 Å². The van der Waals surface area contributed by atoms with Gasteiger partial charge in [0.15, 0.2) is 18.1 Å². The Morgan fingerprint density at radius 1 is 1.15 bits per heavy atom. The van der Waals surface area contributed by atoms with Crippen molar-refractivity contribution in [2.24, 2.45) is 0 Å². The smallest absolute Gasteiger partial charge is 0.293 e. The number of carbonyl (C=O) groups is 3. The van der Waals surface area contributed by atoms with Crippen LogP contribution in [0.2, 0.25) is 0 Å². The molecule has 0 spiro atoms. The number of thioether (sulfide) groups is 1. The summed E-state index contributed by atoms with van der Waals surface area (Å²) in [5, 5.41) is 13.2. The summed E-state index contributed by atoms with van der Waals surface area (Å²) in [6.07, 6.45) is 1.58. The van der Waals surface area contributed by atoms with E-state index in [2.05, 4.69) is 5.32 Å². The lowest BCUT2D eigenvalue weighted by atomic mass is 10.1. The van der Waals surface area contributed by atoms with Gasteiger partial charge >= 0.3 is 0 Å². The Kier molecular flexibility index (Phi) is 8.86. The van der Waals surface area contributed by atoms with Gasteiger partial charge in [0.25, 0.3) is 22.7 Å². The highest BCUT2D eigenvalue weighted by molar-refractivity contribution is 14.1. The van der Waals surface area contributed by atoms with E-state index in [0.29, 0.717) is 31.9 Å². The summed E-state index contributed by atoms with van der Waals surface area (Å²) >= 11 is 2.86. The molecular weight excluding hydrogens is 637 g/mol. The van der Waals surface area contributed by atoms with Gasteiger partial charge in [-0.3, -0.25) is 29.4 Å². The number of rotatable bonds is 9. The third kappa shape index (κ3) is 6.95. The zero-order valence-corrected chi connectivity index (χ0v) is 23.8. The van der Waals surface area contributed by atoms with Gasteiger partial charge in [-0.25, -0.2) is 0 Å². The monoisotopic (exact) mass is 659 g/mol. The lowest BCUT2D eigenvalue weighted by molar-refractivity contribution is -0.384. The van der Waals surface area contributed by atoms with Gasteiger partial charge in [-0.05, 0) is 88.3 Å². The van der Waals surface area contributed by atoms with Gasteiger partial charge in [0, 0.05) is 17.8 Å². The molecule has 0 aromatic heterocycles. The zero-order valence-electron chi connectivity index (χ0n) is 20.8. The second-order valence-corrected chi connectivity index (χ2v) is 10.6. The lowest BCUT2D eigenvalue weighted by Crippen LogP contribution is -2.27. The molecule has 0 bridgehead atoms. The molecule has 0 saturated carbocycles. The number of amides is 3. The van der Waals surface area contributed by atoms with E-state index in [-0.39, 0.29) is 29.7 Å². The van der Waals surface area contributed by atoms with Crippen molar-refractivity contribution in [3.05, 3.63) is 95.9 Å². The minimum Gasteiger partial charge on any atom is -0.493 e. The Bertz CT molecular complexity index is 1490. The number of carbonyl (C=O) groups excluding carboxylic acids is 3. The molecule has 200 valence electrons. The maximum absolute atomic E-state index is 13.0. The first kappa shape index (κ1) is 28.1. The first-order chi connectivity index (χ1) is 18.6. The normalized spacial score (nSPS) is 14.0. The summed E-state index contributed by atoms with van der Waals surface area (Å²) in [5.41, 5.74) is 2.81. The Hall–Kier alpha value is -3.91. The lowest BCUT2D eigenvalue weighted by Gasteiger charge is -2.14. The Balaban J connectivity index is 1.45. The second-order valence-electron chi connectivity index (χ2n) is 8.43. The van der Waals surface area contributed by atoms with Crippen LogP contribution in [-0.4, -0.2) is 40.6 Å². The molecule has 12 heteroatoms.